The summed E-state index contributed by atoms with van der Waals surface area (Å²) in [5.74, 6) is 2.14. The van der Waals surface area contributed by atoms with Gasteiger partial charge in [-0.1, -0.05) is 25.7 Å². The Hall–Kier alpha value is -0.0400. The van der Waals surface area contributed by atoms with Crippen molar-refractivity contribution >= 4 is 0 Å². The minimum absolute atomic E-state index is 0.574. The van der Waals surface area contributed by atoms with Crippen LogP contribution in [0.3, 0.4) is 0 Å². The lowest BCUT2D eigenvalue weighted by Gasteiger charge is -2.61. The molecule has 74 valence electrons. The van der Waals surface area contributed by atoms with E-state index in [1.54, 1.807) is 0 Å². The van der Waals surface area contributed by atoms with Gasteiger partial charge in [-0.25, -0.2) is 0 Å². The average Bonchev–Trinajstić information content (AvgIpc) is 2.76. The zero-order chi connectivity index (χ0) is 8.89. The maximum atomic E-state index is 6.13. The molecule has 3 rings (SSSR count). The third-order valence-corrected chi connectivity index (χ3v) is 4.99. The van der Waals surface area contributed by atoms with Crippen molar-refractivity contribution in [2.45, 2.75) is 57.4 Å². The molecule has 2 unspecified atom stereocenters. The summed E-state index contributed by atoms with van der Waals surface area (Å²) in [5.41, 5.74) is 6.79. The van der Waals surface area contributed by atoms with Crippen molar-refractivity contribution in [2.75, 3.05) is 0 Å². The van der Waals surface area contributed by atoms with E-state index in [-0.39, 0.29) is 0 Å². The molecule has 1 heteroatoms. The predicted molar refractivity (Wildman–Crippen MR) is 54.3 cm³/mol. The van der Waals surface area contributed by atoms with Gasteiger partial charge >= 0.3 is 0 Å². The summed E-state index contributed by atoms with van der Waals surface area (Å²) in [4.78, 5) is 0. The molecule has 1 spiro atoms. The molecule has 0 aromatic carbocycles. The lowest BCUT2D eigenvalue weighted by Crippen LogP contribution is -2.61. The highest BCUT2D eigenvalue weighted by Crippen LogP contribution is 2.60. The highest BCUT2D eigenvalue weighted by Gasteiger charge is 2.55. The molecule has 1 nitrogen and oxygen atoms in total. The van der Waals surface area contributed by atoms with Crippen LogP contribution >= 0.6 is 0 Å². The first-order chi connectivity index (χ1) is 6.31. The van der Waals surface area contributed by atoms with Gasteiger partial charge in [0, 0.05) is 6.04 Å². The molecular formula is C12H21N. The number of rotatable bonds is 3. The van der Waals surface area contributed by atoms with Crippen molar-refractivity contribution in [1.82, 2.24) is 0 Å². The van der Waals surface area contributed by atoms with E-state index in [1.807, 2.05) is 0 Å². The van der Waals surface area contributed by atoms with Crippen molar-refractivity contribution in [1.29, 1.82) is 0 Å². The lowest BCUT2D eigenvalue weighted by atomic mass is 9.46. The summed E-state index contributed by atoms with van der Waals surface area (Å²) < 4.78 is 0. The summed E-state index contributed by atoms with van der Waals surface area (Å²) >= 11 is 0. The molecule has 0 heterocycles. The van der Waals surface area contributed by atoms with E-state index in [1.165, 1.54) is 51.4 Å². The van der Waals surface area contributed by atoms with Gasteiger partial charge in [0.05, 0.1) is 0 Å². The molecule has 3 fully saturated rings. The fourth-order valence-electron chi connectivity index (χ4n) is 3.53. The minimum atomic E-state index is 0.574. The van der Waals surface area contributed by atoms with Crippen molar-refractivity contribution in [3.8, 4) is 0 Å². The zero-order valence-electron chi connectivity index (χ0n) is 8.47. The fraction of sp³-hybridized carbons (Fsp3) is 1.00. The second kappa shape index (κ2) is 2.73. The van der Waals surface area contributed by atoms with Crippen LogP contribution in [0, 0.1) is 17.3 Å². The maximum Gasteiger partial charge on any atom is 0.0101 e. The Morgan fingerprint density at radius 3 is 2.38 bits per heavy atom. The molecule has 0 radical (unpaired) electrons. The molecule has 3 saturated carbocycles. The average molecular weight is 179 g/mol. The fourth-order valence-corrected chi connectivity index (χ4v) is 3.53. The molecule has 2 atom stereocenters. The first kappa shape index (κ1) is 8.28. The largest absolute Gasteiger partial charge is 0.327 e. The summed E-state index contributed by atoms with van der Waals surface area (Å²) in [6.45, 7) is 0. The van der Waals surface area contributed by atoms with E-state index >= 15 is 0 Å². The van der Waals surface area contributed by atoms with Crippen molar-refractivity contribution < 1.29 is 0 Å². The first-order valence-electron chi connectivity index (χ1n) is 6.07. The molecule has 3 aliphatic carbocycles. The van der Waals surface area contributed by atoms with Crippen LogP contribution in [-0.2, 0) is 0 Å². The maximum absolute atomic E-state index is 6.13. The topological polar surface area (TPSA) is 26.0 Å². The molecular weight excluding hydrogens is 158 g/mol. The summed E-state index contributed by atoms with van der Waals surface area (Å²) in [6, 6.07) is 0.574. The zero-order valence-corrected chi connectivity index (χ0v) is 8.47. The summed E-state index contributed by atoms with van der Waals surface area (Å²) in [5, 5.41) is 0. The quantitative estimate of drug-likeness (QED) is 0.708. The second-order valence-corrected chi connectivity index (χ2v) is 5.65. The van der Waals surface area contributed by atoms with Gasteiger partial charge in [-0.2, -0.15) is 0 Å². The highest BCUT2D eigenvalue weighted by atomic mass is 14.8. The van der Waals surface area contributed by atoms with Gasteiger partial charge in [-0.15, -0.1) is 0 Å². The molecule has 0 aromatic rings. The Morgan fingerprint density at radius 1 is 1.15 bits per heavy atom. The Balaban J connectivity index is 1.53. The second-order valence-electron chi connectivity index (χ2n) is 5.65. The van der Waals surface area contributed by atoms with E-state index in [9.17, 15) is 0 Å². The Morgan fingerprint density at radius 2 is 1.92 bits per heavy atom. The van der Waals surface area contributed by atoms with Crippen LogP contribution in [0.15, 0.2) is 0 Å². The van der Waals surface area contributed by atoms with Crippen LogP contribution in [0.4, 0.5) is 0 Å². The molecule has 13 heavy (non-hydrogen) atoms. The molecule has 0 saturated heterocycles. The van der Waals surface area contributed by atoms with Crippen LogP contribution in [0.25, 0.3) is 0 Å². The first-order valence-corrected chi connectivity index (χ1v) is 6.07. The van der Waals surface area contributed by atoms with E-state index < -0.39 is 0 Å². The molecule has 0 aromatic heterocycles. The van der Waals surface area contributed by atoms with E-state index in [2.05, 4.69) is 0 Å². The van der Waals surface area contributed by atoms with Gasteiger partial charge in [-0.3, -0.25) is 0 Å². The molecule has 0 amide bonds. The normalized spacial score (nSPS) is 41.3. The third kappa shape index (κ3) is 1.16. The van der Waals surface area contributed by atoms with E-state index in [4.69, 9.17) is 5.73 Å². The predicted octanol–water partition coefficient (Wildman–Crippen LogP) is 2.69. The van der Waals surface area contributed by atoms with E-state index in [0.717, 1.165) is 11.8 Å². The number of hydrogen-bond donors (Lipinski definition) is 1. The van der Waals surface area contributed by atoms with Gasteiger partial charge in [-0.05, 0) is 42.9 Å². The summed E-state index contributed by atoms with van der Waals surface area (Å²) in [6.07, 6.45) is 11.7. The standard InChI is InChI=1S/C12H21N/c13-11-8-10(5-4-9-2-3-9)12(11)6-1-7-12/h9-11H,1-8,13H2. The molecule has 0 aliphatic heterocycles. The molecule has 0 bridgehead atoms. The van der Waals surface area contributed by atoms with Crippen LogP contribution in [0.5, 0.6) is 0 Å². The number of nitrogens with two attached hydrogens (primary N) is 1. The Labute approximate surface area is 81.1 Å². The summed E-state index contributed by atoms with van der Waals surface area (Å²) in [7, 11) is 0. The van der Waals surface area contributed by atoms with Gasteiger partial charge in [0.1, 0.15) is 0 Å². The van der Waals surface area contributed by atoms with Crippen LogP contribution < -0.4 is 5.73 Å². The van der Waals surface area contributed by atoms with Crippen LogP contribution in [0.2, 0.25) is 0 Å². The SMILES string of the molecule is NC1CC(CCC2CC2)C12CCC2. The minimum Gasteiger partial charge on any atom is -0.327 e. The van der Waals surface area contributed by atoms with Gasteiger partial charge < -0.3 is 5.73 Å². The Kier molecular flexibility index (Phi) is 1.74. The molecule has 2 N–H and O–H groups in total. The van der Waals surface area contributed by atoms with E-state index in [0.29, 0.717) is 11.5 Å². The van der Waals surface area contributed by atoms with Gasteiger partial charge in [0.25, 0.3) is 0 Å². The highest BCUT2D eigenvalue weighted by molar-refractivity contribution is 5.09. The van der Waals surface area contributed by atoms with Gasteiger partial charge in [0.15, 0.2) is 0 Å². The molecule has 3 aliphatic rings. The lowest BCUT2D eigenvalue weighted by molar-refractivity contribution is -0.0780. The van der Waals surface area contributed by atoms with Crippen molar-refractivity contribution in [3.05, 3.63) is 0 Å². The monoisotopic (exact) mass is 179 g/mol. The Bertz CT molecular complexity index is 203. The number of hydrogen-bond acceptors (Lipinski definition) is 1. The van der Waals surface area contributed by atoms with Crippen molar-refractivity contribution in [2.24, 2.45) is 23.0 Å². The van der Waals surface area contributed by atoms with Crippen molar-refractivity contribution in [3.63, 3.8) is 0 Å². The van der Waals surface area contributed by atoms with Gasteiger partial charge in [0.2, 0.25) is 0 Å². The van der Waals surface area contributed by atoms with Crippen LogP contribution in [-0.4, -0.2) is 6.04 Å². The van der Waals surface area contributed by atoms with Crippen LogP contribution in [0.1, 0.15) is 51.4 Å². The third-order valence-electron chi connectivity index (χ3n) is 4.99. The smallest absolute Gasteiger partial charge is 0.0101 e.